The normalized spacial score (nSPS) is 16.5. The Morgan fingerprint density at radius 1 is 1.08 bits per heavy atom. The average molecular weight is 188 g/mol. The molecule has 0 bridgehead atoms. The third-order valence-corrected chi connectivity index (χ3v) is 2.62. The Morgan fingerprint density at radius 2 is 1.50 bits per heavy atom. The topological polar surface area (TPSA) is 9.23 Å². The second-order valence-corrected chi connectivity index (χ2v) is 6.33. The van der Waals surface area contributed by atoms with Crippen LogP contribution in [0.1, 0.15) is 48.0 Å². The fourth-order valence-corrected chi connectivity index (χ4v) is 2.17. The van der Waals surface area contributed by atoms with E-state index in [1.54, 1.807) is 0 Å². The van der Waals surface area contributed by atoms with E-state index < -0.39 is 0 Å². The zero-order chi connectivity index (χ0) is 9.99. The lowest BCUT2D eigenvalue weighted by Gasteiger charge is -2.34. The van der Waals surface area contributed by atoms with Crippen molar-refractivity contribution in [3.05, 3.63) is 0 Å². The summed E-state index contributed by atoms with van der Waals surface area (Å²) in [4.78, 5) is 0. The molecule has 0 rings (SSSR count). The van der Waals surface area contributed by atoms with Crippen LogP contribution in [0.5, 0.6) is 0 Å². The molecule has 0 heterocycles. The molecule has 1 atom stereocenters. The van der Waals surface area contributed by atoms with E-state index in [-0.39, 0.29) is 5.41 Å². The Labute approximate surface area is 80.4 Å². The molecule has 0 saturated heterocycles. The van der Waals surface area contributed by atoms with Gasteiger partial charge < -0.3 is 4.43 Å². The van der Waals surface area contributed by atoms with Crippen molar-refractivity contribution in [1.29, 1.82) is 0 Å². The molecule has 2 heteroatoms. The van der Waals surface area contributed by atoms with Crippen molar-refractivity contribution in [2.24, 2.45) is 10.8 Å². The summed E-state index contributed by atoms with van der Waals surface area (Å²) in [5.74, 6) is 0. The molecule has 1 nitrogen and oxygen atoms in total. The predicted octanol–water partition coefficient (Wildman–Crippen LogP) is 2.13. The molecule has 0 aromatic carbocycles. The third-order valence-electron chi connectivity index (χ3n) is 2.05. The molecule has 1 unspecified atom stereocenters. The molecule has 0 fully saturated rings. The molecule has 0 aromatic rings. The van der Waals surface area contributed by atoms with E-state index in [1.807, 2.05) is 0 Å². The fraction of sp³-hybridized carbons (Fsp3) is 1.00. The molecule has 0 aromatic heterocycles. The Morgan fingerprint density at radius 3 is 1.58 bits per heavy atom. The highest BCUT2D eigenvalue weighted by molar-refractivity contribution is 5.98. The van der Waals surface area contributed by atoms with Crippen LogP contribution in [0, 0.1) is 10.8 Å². The molecule has 0 aliphatic heterocycles. The summed E-state index contributed by atoms with van der Waals surface area (Å²) in [6.07, 6.45) is 1.57. The molecule has 12 heavy (non-hydrogen) atoms. The van der Waals surface area contributed by atoms with E-state index in [2.05, 4.69) is 41.5 Å². The summed E-state index contributed by atoms with van der Waals surface area (Å²) in [5.41, 5.74) is 0.664. The molecule has 0 saturated carbocycles. The smallest absolute Gasteiger partial charge is 0.146 e. The maximum absolute atomic E-state index is 5.63. The summed E-state index contributed by atoms with van der Waals surface area (Å²) in [6, 6.07) is 0. The van der Waals surface area contributed by atoms with Crippen LogP contribution in [-0.4, -0.2) is 16.6 Å². The first kappa shape index (κ1) is 12.2. The maximum Gasteiger partial charge on any atom is 0.146 e. The van der Waals surface area contributed by atoms with Gasteiger partial charge in [0, 0.05) is 6.10 Å². The highest BCUT2D eigenvalue weighted by atomic mass is 28.2. The molecular weight excluding hydrogens is 164 g/mol. The second-order valence-electron chi connectivity index (χ2n) is 5.86. The van der Waals surface area contributed by atoms with Gasteiger partial charge in [0.2, 0.25) is 0 Å². The average Bonchev–Trinajstić information content (AvgIpc) is 1.78. The Bertz CT molecular complexity index is 130. The van der Waals surface area contributed by atoms with Crippen LogP contribution in [0.25, 0.3) is 0 Å². The van der Waals surface area contributed by atoms with Gasteiger partial charge in [-0.05, 0) is 17.3 Å². The van der Waals surface area contributed by atoms with E-state index in [1.165, 1.54) is 0 Å². The lowest BCUT2D eigenvalue weighted by Crippen LogP contribution is -2.32. The summed E-state index contributed by atoms with van der Waals surface area (Å²) < 4.78 is 5.63. The van der Waals surface area contributed by atoms with Crippen molar-refractivity contribution in [1.82, 2.24) is 0 Å². The fourth-order valence-electron chi connectivity index (χ4n) is 1.30. The van der Waals surface area contributed by atoms with Gasteiger partial charge in [0.1, 0.15) is 10.5 Å². The zero-order valence-electron chi connectivity index (χ0n) is 9.69. The summed E-state index contributed by atoms with van der Waals surface area (Å²) in [6.45, 7) is 13.6. The minimum absolute atomic E-state index is 0.287. The summed E-state index contributed by atoms with van der Waals surface area (Å²) >= 11 is 0. The van der Waals surface area contributed by atoms with Crippen molar-refractivity contribution in [2.45, 2.75) is 54.1 Å². The van der Waals surface area contributed by atoms with Crippen LogP contribution in [0.2, 0.25) is 0 Å². The summed E-state index contributed by atoms with van der Waals surface area (Å²) in [5, 5.41) is 0. The van der Waals surface area contributed by atoms with Gasteiger partial charge >= 0.3 is 0 Å². The molecule has 0 spiro atoms. The minimum Gasteiger partial charge on any atom is -0.425 e. The van der Waals surface area contributed by atoms with E-state index in [0.29, 0.717) is 11.5 Å². The Balaban J connectivity index is 4.20. The van der Waals surface area contributed by atoms with Gasteiger partial charge in [-0.1, -0.05) is 41.5 Å². The SMILES string of the molecule is CC(C)(C)CC(O[SiH3])C(C)(C)C. The van der Waals surface area contributed by atoms with Crippen LogP contribution >= 0.6 is 0 Å². The number of hydrogen-bond donors (Lipinski definition) is 0. The highest BCUT2D eigenvalue weighted by Gasteiger charge is 2.28. The Kier molecular flexibility index (Phi) is 3.98. The van der Waals surface area contributed by atoms with Gasteiger partial charge in [-0.25, -0.2) is 0 Å². The van der Waals surface area contributed by atoms with Crippen LogP contribution < -0.4 is 0 Å². The third kappa shape index (κ3) is 4.94. The molecule has 74 valence electrons. The maximum atomic E-state index is 5.63. The number of rotatable bonds is 2. The molecular formula is C10H24OSi. The van der Waals surface area contributed by atoms with Gasteiger partial charge in [0.25, 0.3) is 0 Å². The largest absolute Gasteiger partial charge is 0.425 e. The standard InChI is InChI=1S/C10H24OSi/c1-9(2,3)7-8(11-12)10(4,5)6/h8H,7H2,1-6,12H3. The van der Waals surface area contributed by atoms with Crippen LogP contribution in [-0.2, 0) is 4.43 Å². The van der Waals surface area contributed by atoms with Gasteiger partial charge in [0.15, 0.2) is 0 Å². The van der Waals surface area contributed by atoms with Crippen LogP contribution in [0.15, 0.2) is 0 Å². The molecule has 0 aliphatic carbocycles. The Hall–Kier alpha value is 0.177. The minimum atomic E-state index is 0.287. The predicted molar refractivity (Wildman–Crippen MR) is 58.3 cm³/mol. The quantitative estimate of drug-likeness (QED) is 0.603. The summed E-state index contributed by atoms with van der Waals surface area (Å²) in [7, 11) is 0.846. The van der Waals surface area contributed by atoms with Crippen molar-refractivity contribution >= 4 is 10.5 Å². The van der Waals surface area contributed by atoms with Crippen molar-refractivity contribution in [2.75, 3.05) is 0 Å². The van der Waals surface area contributed by atoms with E-state index in [4.69, 9.17) is 4.43 Å². The van der Waals surface area contributed by atoms with Crippen LogP contribution in [0.4, 0.5) is 0 Å². The van der Waals surface area contributed by atoms with Crippen molar-refractivity contribution < 1.29 is 4.43 Å². The highest BCUT2D eigenvalue weighted by Crippen LogP contribution is 2.31. The molecule has 0 radical (unpaired) electrons. The first-order valence-electron chi connectivity index (χ1n) is 4.69. The first-order valence-corrected chi connectivity index (χ1v) is 5.51. The number of hydrogen-bond acceptors (Lipinski definition) is 1. The second kappa shape index (κ2) is 3.92. The molecule has 0 amide bonds. The molecule has 0 N–H and O–H groups in total. The lowest BCUT2D eigenvalue weighted by molar-refractivity contribution is 0.0573. The van der Waals surface area contributed by atoms with Gasteiger partial charge in [-0.3, -0.25) is 0 Å². The van der Waals surface area contributed by atoms with E-state index in [9.17, 15) is 0 Å². The molecule has 0 aliphatic rings. The van der Waals surface area contributed by atoms with Crippen LogP contribution in [0.3, 0.4) is 0 Å². The van der Waals surface area contributed by atoms with Gasteiger partial charge in [-0.2, -0.15) is 0 Å². The monoisotopic (exact) mass is 188 g/mol. The van der Waals surface area contributed by atoms with Gasteiger partial charge in [-0.15, -0.1) is 0 Å². The van der Waals surface area contributed by atoms with Crippen molar-refractivity contribution in [3.63, 3.8) is 0 Å². The lowest BCUT2D eigenvalue weighted by atomic mass is 9.79. The van der Waals surface area contributed by atoms with E-state index in [0.717, 1.165) is 16.9 Å². The zero-order valence-corrected chi connectivity index (χ0v) is 11.7. The van der Waals surface area contributed by atoms with Gasteiger partial charge in [0.05, 0.1) is 0 Å². The first-order chi connectivity index (χ1) is 5.17. The van der Waals surface area contributed by atoms with Crippen molar-refractivity contribution in [3.8, 4) is 0 Å². The van der Waals surface area contributed by atoms with E-state index >= 15 is 0 Å².